The molecule has 0 atom stereocenters. The van der Waals surface area contributed by atoms with Crippen molar-refractivity contribution in [2.45, 2.75) is 6.43 Å². The van der Waals surface area contributed by atoms with Gasteiger partial charge in [-0.15, -0.1) is 0 Å². The molecule has 1 aromatic rings. The maximum Gasteiger partial charge on any atom is 0.270 e. The van der Waals surface area contributed by atoms with E-state index in [1.54, 1.807) is 0 Å². The van der Waals surface area contributed by atoms with Crippen molar-refractivity contribution in [2.24, 2.45) is 0 Å². The minimum atomic E-state index is -2.73. The van der Waals surface area contributed by atoms with Gasteiger partial charge in [0, 0.05) is 6.07 Å². The van der Waals surface area contributed by atoms with E-state index in [0.717, 1.165) is 0 Å². The summed E-state index contributed by atoms with van der Waals surface area (Å²) >= 11 is 5.46. The topological polar surface area (TPSA) is 48.1 Å². The quantitative estimate of drug-likeness (QED) is 0.759. The number of halogens is 3. The Hall–Kier alpha value is -1.10. The average molecular weight is 209 g/mol. The van der Waals surface area contributed by atoms with Crippen molar-refractivity contribution in [3.8, 4) is 5.75 Å². The third-order valence-electron chi connectivity index (χ3n) is 1.43. The van der Waals surface area contributed by atoms with Gasteiger partial charge in [0.25, 0.3) is 6.43 Å². The van der Waals surface area contributed by atoms with Crippen LogP contribution in [0.15, 0.2) is 6.07 Å². The van der Waals surface area contributed by atoms with Crippen molar-refractivity contribution in [2.75, 3.05) is 12.8 Å². The van der Waals surface area contributed by atoms with E-state index in [1.165, 1.54) is 13.2 Å². The number of nitrogens with zero attached hydrogens (tertiary/aromatic N) is 1. The van der Waals surface area contributed by atoms with Crippen molar-refractivity contribution in [3.05, 3.63) is 16.8 Å². The Morgan fingerprint density at radius 3 is 2.69 bits per heavy atom. The van der Waals surface area contributed by atoms with Crippen LogP contribution in [0.4, 0.5) is 14.6 Å². The van der Waals surface area contributed by atoms with Gasteiger partial charge in [0.15, 0.2) is 0 Å². The molecule has 0 saturated heterocycles. The standard InChI is InChI=1S/C7H7ClF2N2O/c1-13-3-2-4(11)12-6(8)5(3)7(9)10/h2,7H,1H3,(H2,11,12). The average Bonchev–Trinajstić information content (AvgIpc) is 2.01. The van der Waals surface area contributed by atoms with Gasteiger partial charge in [-0.1, -0.05) is 11.6 Å². The molecule has 0 aromatic carbocycles. The van der Waals surface area contributed by atoms with Crippen LogP contribution < -0.4 is 10.5 Å². The first-order chi connectivity index (χ1) is 6.06. The van der Waals surface area contributed by atoms with Gasteiger partial charge in [0.2, 0.25) is 0 Å². The molecule has 0 aliphatic rings. The summed E-state index contributed by atoms with van der Waals surface area (Å²) in [5.74, 6) is -0.00116. The van der Waals surface area contributed by atoms with E-state index in [-0.39, 0.29) is 16.7 Å². The monoisotopic (exact) mass is 208 g/mol. The van der Waals surface area contributed by atoms with E-state index in [0.29, 0.717) is 0 Å². The van der Waals surface area contributed by atoms with Gasteiger partial charge in [-0.3, -0.25) is 0 Å². The van der Waals surface area contributed by atoms with E-state index in [1.807, 2.05) is 0 Å². The second-order valence-corrected chi connectivity index (χ2v) is 2.61. The lowest BCUT2D eigenvalue weighted by Crippen LogP contribution is -1.99. The Labute approximate surface area is 78.5 Å². The van der Waals surface area contributed by atoms with E-state index < -0.39 is 12.0 Å². The van der Waals surface area contributed by atoms with Crippen molar-refractivity contribution < 1.29 is 13.5 Å². The fourth-order valence-corrected chi connectivity index (χ4v) is 1.16. The zero-order valence-corrected chi connectivity index (χ0v) is 7.48. The van der Waals surface area contributed by atoms with Crippen molar-refractivity contribution >= 4 is 17.4 Å². The number of nitrogen functional groups attached to an aromatic ring is 1. The molecule has 0 amide bonds. The second-order valence-electron chi connectivity index (χ2n) is 2.25. The summed E-state index contributed by atoms with van der Waals surface area (Å²) < 4.78 is 29.4. The lowest BCUT2D eigenvalue weighted by molar-refractivity contribution is 0.147. The first kappa shape index (κ1) is 9.98. The molecule has 2 N–H and O–H groups in total. The van der Waals surface area contributed by atoms with Gasteiger partial charge in [-0.25, -0.2) is 13.8 Å². The number of hydrogen-bond acceptors (Lipinski definition) is 3. The molecule has 6 heteroatoms. The Bertz CT molecular complexity index is 320. The molecule has 0 saturated carbocycles. The number of pyridine rings is 1. The van der Waals surface area contributed by atoms with E-state index in [2.05, 4.69) is 9.72 Å². The molecule has 1 heterocycles. The Kier molecular flexibility index (Phi) is 2.87. The van der Waals surface area contributed by atoms with Gasteiger partial charge < -0.3 is 10.5 Å². The number of ether oxygens (including phenoxy) is 1. The van der Waals surface area contributed by atoms with Crippen LogP contribution in [0.2, 0.25) is 5.15 Å². The number of rotatable bonds is 2. The summed E-state index contributed by atoms with van der Waals surface area (Å²) in [6.45, 7) is 0. The largest absolute Gasteiger partial charge is 0.496 e. The Balaban J connectivity index is 3.30. The minimum Gasteiger partial charge on any atom is -0.496 e. The van der Waals surface area contributed by atoms with Crippen LogP contribution >= 0.6 is 11.6 Å². The highest BCUT2D eigenvalue weighted by Crippen LogP contribution is 2.34. The molecule has 0 aliphatic carbocycles. The molecule has 3 nitrogen and oxygen atoms in total. The van der Waals surface area contributed by atoms with Crippen LogP contribution in [-0.4, -0.2) is 12.1 Å². The molecule has 1 rings (SSSR count). The number of nitrogens with two attached hydrogens (primary N) is 1. The van der Waals surface area contributed by atoms with Gasteiger partial charge in [0.05, 0.1) is 12.7 Å². The normalized spacial score (nSPS) is 10.5. The van der Waals surface area contributed by atoms with Crippen LogP contribution in [0.5, 0.6) is 5.75 Å². The third-order valence-corrected chi connectivity index (χ3v) is 1.72. The summed E-state index contributed by atoms with van der Waals surface area (Å²) in [5, 5.41) is -0.327. The summed E-state index contributed by atoms with van der Waals surface area (Å²) in [6.07, 6.45) is -2.73. The molecule has 0 fully saturated rings. The van der Waals surface area contributed by atoms with E-state index in [9.17, 15) is 8.78 Å². The summed E-state index contributed by atoms with van der Waals surface area (Å²) in [7, 11) is 1.26. The molecular formula is C7H7ClF2N2O. The zero-order valence-electron chi connectivity index (χ0n) is 6.72. The lowest BCUT2D eigenvalue weighted by atomic mass is 10.2. The van der Waals surface area contributed by atoms with Crippen molar-refractivity contribution in [3.63, 3.8) is 0 Å². The van der Waals surface area contributed by atoms with Crippen LogP contribution in [0.3, 0.4) is 0 Å². The summed E-state index contributed by atoms with van der Waals surface area (Å²) in [4.78, 5) is 3.49. The van der Waals surface area contributed by atoms with Crippen molar-refractivity contribution in [1.82, 2.24) is 4.98 Å². The highest BCUT2D eigenvalue weighted by molar-refractivity contribution is 6.30. The highest BCUT2D eigenvalue weighted by Gasteiger charge is 2.19. The Morgan fingerprint density at radius 1 is 1.62 bits per heavy atom. The minimum absolute atomic E-state index is 0.0475. The molecule has 0 bridgehead atoms. The zero-order chi connectivity index (χ0) is 10.0. The number of alkyl halides is 2. The fraction of sp³-hybridized carbons (Fsp3) is 0.286. The molecule has 0 radical (unpaired) electrons. The highest BCUT2D eigenvalue weighted by atomic mass is 35.5. The number of hydrogen-bond donors (Lipinski definition) is 1. The van der Waals surface area contributed by atoms with E-state index in [4.69, 9.17) is 17.3 Å². The molecule has 72 valence electrons. The number of aromatic nitrogens is 1. The van der Waals surface area contributed by atoms with Gasteiger partial charge in [-0.2, -0.15) is 0 Å². The fourth-order valence-electron chi connectivity index (χ4n) is 0.886. The van der Waals surface area contributed by atoms with Crippen LogP contribution in [0.1, 0.15) is 12.0 Å². The van der Waals surface area contributed by atoms with Crippen LogP contribution in [0.25, 0.3) is 0 Å². The molecule has 13 heavy (non-hydrogen) atoms. The summed E-state index contributed by atoms with van der Waals surface area (Å²) in [6, 6.07) is 1.20. The smallest absolute Gasteiger partial charge is 0.270 e. The number of anilines is 1. The van der Waals surface area contributed by atoms with Crippen LogP contribution in [0, 0.1) is 0 Å². The number of methoxy groups -OCH3 is 1. The SMILES string of the molecule is COc1cc(N)nc(Cl)c1C(F)F. The third kappa shape index (κ3) is 1.98. The predicted octanol–water partition coefficient (Wildman–Crippen LogP) is 2.26. The van der Waals surface area contributed by atoms with Gasteiger partial charge in [0.1, 0.15) is 16.7 Å². The first-order valence-corrected chi connectivity index (χ1v) is 3.72. The Morgan fingerprint density at radius 2 is 2.23 bits per heavy atom. The van der Waals surface area contributed by atoms with Gasteiger partial charge >= 0.3 is 0 Å². The predicted molar refractivity (Wildman–Crippen MR) is 45.2 cm³/mol. The summed E-state index contributed by atoms with van der Waals surface area (Å²) in [5.41, 5.74) is 4.85. The van der Waals surface area contributed by atoms with E-state index >= 15 is 0 Å². The second kappa shape index (κ2) is 3.74. The van der Waals surface area contributed by atoms with Crippen LogP contribution in [-0.2, 0) is 0 Å². The van der Waals surface area contributed by atoms with Crippen molar-refractivity contribution in [1.29, 1.82) is 0 Å². The molecular weight excluding hydrogens is 202 g/mol. The van der Waals surface area contributed by atoms with Gasteiger partial charge in [-0.05, 0) is 0 Å². The maximum atomic E-state index is 12.4. The molecule has 0 aliphatic heterocycles. The lowest BCUT2D eigenvalue weighted by Gasteiger charge is -2.09. The molecule has 0 unspecified atom stereocenters. The molecule has 1 aromatic heterocycles. The maximum absolute atomic E-state index is 12.4. The molecule has 0 spiro atoms. The first-order valence-electron chi connectivity index (χ1n) is 3.34.